The molecule has 2 aromatic rings. The van der Waals surface area contributed by atoms with E-state index >= 15 is 0 Å². The normalized spacial score (nSPS) is 16.1. The van der Waals surface area contributed by atoms with E-state index < -0.39 is 10.0 Å². The predicted molar refractivity (Wildman–Crippen MR) is 102 cm³/mol. The first kappa shape index (κ1) is 18.8. The maximum atomic E-state index is 12.5. The van der Waals surface area contributed by atoms with Crippen LogP contribution in [0.15, 0.2) is 47.4 Å². The number of likely N-dealkylation sites (tertiary alicyclic amines) is 1. The molecular formula is C19H25N3O3S. The van der Waals surface area contributed by atoms with Crippen LogP contribution in [0.3, 0.4) is 0 Å². The molecule has 1 amide bonds. The standard InChI is InChI=1S/C19H25N3O3S/c1-20-17-9-12-22(13-10-17)19(23)8-11-21-26(24,25)18-7-6-15-4-2-3-5-16(15)14-18/h2-7,14,17,20-21H,8-13H2,1H3. The molecule has 1 aliphatic heterocycles. The lowest BCUT2D eigenvalue weighted by atomic mass is 10.1. The molecule has 0 unspecified atom stereocenters. The average Bonchev–Trinajstić information content (AvgIpc) is 2.67. The second-order valence-corrected chi connectivity index (χ2v) is 8.37. The van der Waals surface area contributed by atoms with Gasteiger partial charge in [-0.3, -0.25) is 4.79 Å². The van der Waals surface area contributed by atoms with Gasteiger partial charge in [-0.25, -0.2) is 13.1 Å². The molecule has 6 nitrogen and oxygen atoms in total. The third kappa shape index (κ3) is 4.41. The highest BCUT2D eigenvalue weighted by molar-refractivity contribution is 7.89. The predicted octanol–water partition coefficient (Wildman–Crippen LogP) is 1.72. The van der Waals surface area contributed by atoms with Crippen LogP contribution >= 0.6 is 0 Å². The summed E-state index contributed by atoms with van der Waals surface area (Å²) in [6, 6.07) is 13.1. The number of carbonyl (C=O) groups excluding carboxylic acids is 1. The van der Waals surface area contributed by atoms with E-state index in [4.69, 9.17) is 0 Å². The van der Waals surface area contributed by atoms with E-state index in [1.807, 2.05) is 36.2 Å². The van der Waals surface area contributed by atoms with Crippen molar-refractivity contribution in [3.8, 4) is 0 Å². The van der Waals surface area contributed by atoms with E-state index in [1.165, 1.54) is 0 Å². The number of sulfonamides is 1. The van der Waals surface area contributed by atoms with Crippen LogP contribution in [-0.2, 0) is 14.8 Å². The zero-order valence-corrected chi connectivity index (χ0v) is 15.8. The molecule has 0 aliphatic carbocycles. The van der Waals surface area contributed by atoms with Gasteiger partial charge in [-0.05, 0) is 42.8 Å². The van der Waals surface area contributed by atoms with Gasteiger partial charge in [0, 0.05) is 32.1 Å². The Labute approximate surface area is 154 Å². The summed E-state index contributed by atoms with van der Waals surface area (Å²) in [5.74, 6) is 0.000708. The molecule has 1 heterocycles. The largest absolute Gasteiger partial charge is 0.343 e. The monoisotopic (exact) mass is 375 g/mol. The molecule has 0 bridgehead atoms. The van der Waals surface area contributed by atoms with Crippen molar-refractivity contribution in [2.45, 2.75) is 30.2 Å². The summed E-state index contributed by atoms with van der Waals surface area (Å²) < 4.78 is 27.5. The van der Waals surface area contributed by atoms with Crippen LogP contribution in [0.25, 0.3) is 10.8 Å². The van der Waals surface area contributed by atoms with Crippen molar-refractivity contribution in [2.75, 3.05) is 26.7 Å². The fourth-order valence-electron chi connectivity index (χ4n) is 3.29. The molecule has 140 valence electrons. The molecule has 0 saturated carbocycles. The van der Waals surface area contributed by atoms with Gasteiger partial charge in [-0.1, -0.05) is 30.3 Å². The Kier molecular flexibility index (Phi) is 5.90. The van der Waals surface area contributed by atoms with Gasteiger partial charge < -0.3 is 10.2 Å². The van der Waals surface area contributed by atoms with Gasteiger partial charge in [0.25, 0.3) is 0 Å². The van der Waals surface area contributed by atoms with Crippen molar-refractivity contribution in [3.05, 3.63) is 42.5 Å². The molecule has 2 aromatic carbocycles. The molecule has 0 atom stereocenters. The Hall–Kier alpha value is -1.96. The van der Waals surface area contributed by atoms with Crippen molar-refractivity contribution in [3.63, 3.8) is 0 Å². The van der Waals surface area contributed by atoms with Crippen molar-refractivity contribution in [1.29, 1.82) is 0 Å². The molecule has 0 spiro atoms. The summed E-state index contributed by atoms with van der Waals surface area (Å²) in [6.45, 7) is 1.56. The number of hydrogen-bond acceptors (Lipinski definition) is 4. The maximum absolute atomic E-state index is 12.5. The second-order valence-electron chi connectivity index (χ2n) is 6.60. The minimum atomic E-state index is -3.62. The first-order valence-corrected chi connectivity index (χ1v) is 10.4. The van der Waals surface area contributed by atoms with Gasteiger partial charge in [0.05, 0.1) is 4.90 Å². The van der Waals surface area contributed by atoms with Crippen LogP contribution in [0, 0.1) is 0 Å². The average molecular weight is 375 g/mol. The number of hydrogen-bond donors (Lipinski definition) is 2. The Morgan fingerprint density at radius 1 is 1.12 bits per heavy atom. The van der Waals surface area contributed by atoms with E-state index in [1.54, 1.807) is 18.2 Å². The zero-order chi connectivity index (χ0) is 18.6. The molecule has 1 saturated heterocycles. The summed E-state index contributed by atoms with van der Waals surface area (Å²) in [6.07, 6.45) is 2.05. The van der Waals surface area contributed by atoms with Crippen molar-refractivity contribution in [2.24, 2.45) is 0 Å². The molecule has 0 aromatic heterocycles. The molecule has 26 heavy (non-hydrogen) atoms. The second kappa shape index (κ2) is 8.16. The summed E-state index contributed by atoms with van der Waals surface area (Å²) in [5, 5.41) is 5.09. The third-order valence-electron chi connectivity index (χ3n) is 4.92. The number of nitrogens with one attached hydrogen (secondary N) is 2. The molecule has 1 aliphatic rings. The summed E-state index contributed by atoms with van der Waals surface area (Å²) in [7, 11) is -1.69. The fraction of sp³-hybridized carbons (Fsp3) is 0.421. The van der Waals surface area contributed by atoms with E-state index in [2.05, 4.69) is 10.0 Å². The smallest absolute Gasteiger partial charge is 0.240 e. The fourth-order valence-corrected chi connectivity index (χ4v) is 4.35. The van der Waals surface area contributed by atoms with E-state index in [9.17, 15) is 13.2 Å². The highest BCUT2D eigenvalue weighted by Gasteiger charge is 2.22. The molecule has 3 rings (SSSR count). The maximum Gasteiger partial charge on any atom is 0.240 e. The molecular weight excluding hydrogens is 350 g/mol. The van der Waals surface area contributed by atoms with Crippen LogP contribution in [0.4, 0.5) is 0 Å². The van der Waals surface area contributed by atoms with Crippen molar-refractivity contribution < 1.29 is 13.2 Å². The molecule has 2 N–H and O–H groups in total. The number of rotatable bonds is 6. The highest BCUT2D eigenvalue weighted by atomic mass is 32.2. The van der Waals surface area contributed by atoms with Gasteiger partial charge in [0.1, 0.15) is 0 Å². The molecule has 0 radical (unpaired) electrons. The van der Waals surface area contributed by atoms with Crippen LogP contribution in [0.5, 0.6) is 0 Å². The van der Waals surface area contributed by atoms with Crippen LogP contribution in [0.2, 0.25) is 0 Å². The first-order valence-electron chi connectivity index (χ1n) is 8.93. The lowest BCUT2D eigenvalue weighted by Gasteiger charge is -2.31. The van der Waals surface area contributed by atoms with Gasteiger partial charge in [-0.15, -0.1) is 0 Å². The Morgan fingerprint density at radius 2 is 1.81 bits per heavy atom. The zero-order valence-electron chi connectivity index (χ0n) is 14.9. The summed E-state index contributed by atoms with van der Waals surface area (Å²) >= 11 is 0. The van der Waals surface area contributed by atoms with Crippen LogP contribution in [0.1, 0.15) is 19.3 Å². The third-order valence-corrected chi connectivity index (χ3v) is 6.38. The molecule has 1 fully saturated rings. The van der Waals surface area contributed by atoms with Gasteiger partial charge in [0.2, 0.25) is 15.9 Å². The van der Waals surface area contributed by atoms with Crippen molar-refractivity contribution >= 4 is 26.7 Å². The van der Waals surface area contributed by atoms with Crippen molar-refractivity contribution in [1.82, 2.24) is 14.9 Å². The number of fused-ring (bicyclic) bond motifs is 1. The summed E-state index contributed by atoms with van der Waals surface area (Å²) in [4.78, 5) is 14.3. The number of piperidine rings is 1. The number of nitrogens with zero attached hydrogens (tertiary/aromatic N) is 1. The SMILES string of the molecule is CNC1CCN(C(=O)CCNS(=O)(=O)c2ccc3ccccc3c2)CC1. The first-order chi connectivity index (χ1) is 12.5. The van der Waals surface area contributed by atoms with Crippen LogP contribution in [-0.4, -0.2) is 51.9 Å². The Bertz CT molecular complexity index is 874. The quantitative estimate of drug-likeness (QED) is 0.806. The van der Waals surface area contributed by atoms with Gasteiger partial charge in [-0.2, -0.15) is 0 Å². The number of carbonyl (C=O) groups is 1. The molecule has 7 heteroatoms. The van der Waals surface area contributed by atoms with Gasteiger partial charge in [0.15, 0.2) is 0 Å². The minimum Gasteiger partial charge on any atom is -0.343 e. The topological polar surface area (TPSA) is 78.5 Å². The lowest BCUT2D eigenvalue weighted by Crippen LogP contribution is -2.44. The highest BCUT2D eigenvalue weighted by Crippen LogP contribution is 2.19. The summed E-state index contributed by atoms with van der Waals surface area (Å²) in [5.41, 5.74) is 0. The van der Waals surface area contributed by atoms with E-state index in [0.717, 1.165) is 36.7 Å². The van der Waals surface area contributed by atoms with Crippen LogP contribution < -0.4 is 10.0 Å². The van der Waals surface area contributed by atoms with E-state index in [0.29, 0.717) is 6.04 Å². The van der Waals surface area contributed by atoms with E-state index in [-0.39, 0.29) is 23.8 Å². The number of benzene rings is 2. The minimum absolute atomic E-state index is 0.000708. The Balaban J connectivity index is 1.55. The Morgan fingerprint density at radius 3 is 2.50 bits per heavy atom. The number of amides is 1. The van der Waals surface area contributed by atoms with Gasteiger partial charge >= 0.3 is 0 Å². The lowest BCUT2D eigenvalue weighted by molar-refractivity contribution is -0.132.